The third kappa shape index (κ3) is 3.69. The van der Waals surface area contributed by atoms with Crippen LogP contribution in [0, 0.1) is 5.92 Å². The lowest BCUT2D eigenvalue weighted by Gasteiger charge is -2.33. The van der Waals surface area contributed by atoms with Crippen LogP contribution in [0.25, 0.3) is 0 Å². The minimum absolute atomic E-state index is 0.791. The van der Waals surface area contributed by atoms with Gasteiger partial charge in [0.2, 0.25) is 0 Å². The molecule has 0 aliphatic carbocycles. The van der Waals surface area contributed by atoms with Crippen molar-refractivity contribution in [2.75, 3.05) is 44.7 Å². The Morgan fingerprint density at radius 2 is 2.24 bits per heavy atom. The van der Waals surface area contributed by atoms with Crippen LogP contribution in [0.1, 0.15) is 12.8 Å². The van der Waals surface area contributed by atoms with E-state index >= 15 is 0 Å². The first-order valence-electron chi connectivity index (χ1n) is 6.46. The first-order valence-corrected chi connectivity index (χ1v) is 7.34. The molecule has 4 heteroatoms. The predicted octanol–water partition coefficient (Wildman–Crippen LogP) is 1.85. The average Bonchev–Trinajstić information content (AvgIpc) is 2.86. The van der Waals surface area contributed by atoms with Crippen molar-refractivity contribution in [3.05, 3.63) is 17.5 Å². The van der Waals surface area contributed by atoms with Gasteiger partial charge in [0.15, 0.2) is 0 Å². The molecule has 2 rings (SSSR count). The number of hydrogen-bond donors (Lipinski definition) is 1. The van der Waals surface area contributed by atoms with Crippen LogP contribution in [0.3, 0.4) is 0 Å². The molecule has 1 aromatic heterocycles. The quantitative estimate of drug-likeness (QED) is 0.869. The van der Waals surface area contributed by atoms with E-state index in [-0.39, 0.29) is 0 Å². The van der Waals surface area contributed by atoms with Crippen molar-refractivity contribution in [3.8, 4) is 0 Å². The van der Waals surface area contributed by atoms with Gasteiger partial charge in [0, 0.05) is 26.7 Å². The van der Waals surface area contributed by atoms with E-state index in [2.05, 4.69) is 34.4 Å². The number of nitrogens with two attached hydrogens (primary N) is 1. The lowest BCUT2D eigenvalue weighted by Crippen LogP contribution is -2.39. The summed E-state index contributed by atoms with van der Waals surface area (Å²) in [5, 5.41) is 3.53. The molecule has 0 spiro atoms. The van der Waals surface area contributed by atoms with Crippen LogP contribution in [0.5, 0.6) is 0 Å². The number of piperidine rings is 1. The van der Waals surface area contributed by atoms with Gasteiger partial charge in [0.1, 0.15) is 0 Å². The van der Waals surface area contributed by atoms with Crippen molar-refractivity contribution in [2.24, 2.45) is 11.7 Å². The van der Waals surface area contributed by atoms with Gasteiger partial charge in [-0.2, -0.15) is 0 Å². The van der Waals surface area contributed by atoms with Crippen LogP contribution in [0.2, 0.25) is 0 Å². The van der Waals surface area contributed by atoms with Crippen molar-refractivity contribution in [1.29, 1.82) is 0 Å². The maximum atomic E-state index is 5.59. The first kappa shape index (κ1) is 12.9. The van der Waals surface area contributed by atoms with E-state index in [4.69, 9.17) is 5.73 Å². The van der Waals surface area contributed by atoms with E-state index in [0.717, 1.165) is 19.0 Å². The second-order valence-electron chi connectivity index (χ2n) is 4.91. The van der Waals surface area contributed by atoms with Gasteiger partial charge < -0.3 is 15.5 Å². The third-order valence-electron chi connectivity index (χ3n) is 3.57. The highest BCUT2D eigenvalue weighted by molar-refractivity contribution is 7.14. The topological polar surface area (TPSA) is 32.5 Å². The zero-order valence-corrected chi connectivity index (χ0v) is 11.5. The monoisotopic (exact) mass is 253 g/mol. The largest absolute Gasteiger partial charge is 0.366 e. The minimum atomic E-state index is 0.791. The Balaban J connectivity index is 1.74. The van der Waals surface area contributed by atoms with Gasteiger partial charge in [-0.1, -0.05) is 0 Å². The number of thiophene rings is 1. The van der Waals surface area contributed by atoms with Crippen molar-refractivity contribution >= 4 is 16.3 Å². The molecule has 96 valence electrons. The van der Waals surface area contributed by atoms with Crippen LogP contribution >= 0.6 is 11.3 Å². The van der Waals surface area contributed by atoms with E-state index in [9.17, 15) is 0 Å². The molecule has 0 radical (unpaired) electrons. The van der Waals surface area contributed by atoms with Crippen molar-refractivity contribution in [2.45, 2.75) is 12.8 Å². The van der Waals surface area contributed by atoms with Gasteiger partial charge in [-0.3, -0.25) is 0 Å². The summed E-state index contributed by atoms with van der Waals surface area (Å²) in [6.45, 7) is 5.49. The smallest absolute Gasteiger partial charge is 0.0905 e. The van der Waals surface area contributed by atoms with Gasteiger partial charge >= 0.3 is 0 Å². The fraction of sp³-hybridized carbons (Fsp3) is 0.692. The molecule has 1 aliphatic rings. The zero-order chi connectivity index (χ0) is 12.1. The van der Waals surface area contributed by atoms with Gasteiger partial charge in [-0.05, 0) is 49.4 Å². The molecule has 0 bridgehead atoms. The van der Waals surface area contributed by atoms with Crippen LogP contribution in [-0.4, -0.2) is 44.7 Å². The highest BCUT2D eigenvalue weighted by Crippen LogP contribution is 2.24. The lowest BCUT2D eigenvalue weighted by atomic mass is 9.96. The van der Waals surface area contributed by atoms with E-state index in [1.165, 1.54) is 37.5 Å². The molecule has 0 amide bonds. The van der Waals surface area contributed by atoms with Gasteiger partial charge in [-0.15, -0.1) is 11.3 Å². The van der Waals surface area contributed by atoms with Crippen LogP contribution in [0.15, 0.2) is 17.5 Å². The Morgan fingerprint density at radius 3 is 2.82 bits per heavy atom. The molecule has 0 atom stereocenters. The number of likely N-dealkylation sites (tertiary alicyclic amines) is 1. The number of anilines is 1. The standard InChI is InChI=1S/C13H23N3S/c1-15(13-3-2-10-17-13)11-12-4-7-16(8-5-12)9-6-14/h2-3,10,12H,4-9,11,14H2,1H3. The molecule has 2 N–H and O–H groups in total. The van der Waals surface area contributed by atoms with E-state index in [0.29, 0.717) is 0 Å². The Bertz CT molecular complexity index is 304. The fourth-order valence-corrected chi connectivity index (χ4v) is 3.25. The summed E-state index contributed by atoms with van der Waals surface area (Å²) in [7, 11) is 2.21. The Hall–Kier alpha value is -0.580. The summed E-state index contributed by atoms with van der Waals surface area (Å²) in [6, 6.07) is 4.33. The highest BCUT2D eigenvalue weighted by atomic mass is 32.1. The second kappa shape index (κ2) is 6.38. The number of rotatable bonds is 5. The molecule has 2 heterocycles. The van der Waals surface area contributed by atoms with Crippen LogP contribution < -0.4 is 10.6 Å². The fourth-order valence-electron chi connectivity index (χ4n) is 2.54. The number of hydrogen-bond acceptors (Lipinski definition) is 4. The highest BCUT2D eigenvalue weighted by Gasteiger charge is 2.20. The molecule has 3 nitrogen and oxygen atoms in total. The summed E-state index contributed by atoms with van der Waals surface area (Å²) in [5.74, 6) is 0.844. The summed E-state index contributed by atoms with van der Waals surface area (Å²) in [5.41, 5.74) is 5.59. The van der Waals surface area contributed by atoms with Crippen LogP contribution in [0.4, 0.5) is 5.00 Å². The summed E-state index contributed by atoms with van der Waals surface area (Å²) in [4.78, 5) is 4.88. The molecular formula is C13H23N3S. The molecule has 0 aromatic carbocycles. The first-order chi connectivity index (χ1) is 8.29. The number of nitrogens with zero attached hydrogens (tertiary/aromatic N) is 2. The maximum absolute atomic E-state index is 5.59. The predicted molar refractivity (Wildman–Crippen MR) is 75.8 cm³/mol. The SMILES string of the molecule is CN(CC1CCN(CCN)CC1)c1cccs1. The van der Waals surface area contributed by atoms with Gasteiger partial charge in [0.05, 0.1) is 5.00 Å². The lowest BCUT2D eigenvalue weighted by molar-refractivity contribution is 0.191. The molecule has 1 saturated heterocycles. The maximum Gasteiger partial charge on any atom is 0.0905 e. The van der Waals surface area contributed by atoms with Gasteiger partial charge in [-0.25, -0.2) is 0 Å². The second-order valence-corrected chi connectivity index (χ2v) is 5.83. The molecule has 0 saturated carbocycles. The van der Waals surface area contributed by atoms with Crippen molar-refractivity contribution in [3.63, 3.8) is 0 Å². The molecule has 1 aromatic rings. The summed E-state index contributed by atoms with van der Waals surface area (Å²) >= 11 is 1.83. The molecular weight excluding hydrogens is 230 g/mol. The molecule has 1 aliphatic heterocycles. The Morgan fingerprint density at radius 1 is 1.47 bits per heavy atom. The zero-order valence-electron chi connectivity index (χ0n) is 10.6. The molecule has 0 unspecified atom stereocenters. The average molecular weight is 253 g/mol. The normalized spacial score (nSPS) is 18.5. The Kier molecular flexibility index (Phi) is 4.83. The van der Waals surface area contributed by atoms with E-state index < -0.39 is 0 Å². The van der Waals surface area contributed by atoms with E-state index in [1.807, 2.05) is 11.3 Å². The summed E-state index contributed by atoms with van der Waals surface area (Å²) < 4.78 is 0. The van der Waals surface area contributed by atoms with E-state index in [1.54, 1.807) is 0 Å². The van der Waals surface area contributed by atoms with Crippen LogP contribution in [-0.2, 0) is 0 Å². The minimum Gasteiger partial charge on any atom is -0.366 e. The molecule has 17 heavy (non-hydrogen) atoms. The Labute approximate surface area is 108 Å². The van der Waals surface area contributed by atoms with Crippen molar-refractivity contribution < 1.29 is 0 Å². The summed E-state index contributed by atoms with van der Waals surface area (Å²) in [6.07, 6.45) is 2.63. The molecule has 1 fully saturated rings. The third-order valence-corrected chi connectivity index (χ3v) is 4.55. The van der Waals surface area contributed by atoms with Gasteiger partial charge in [0.25, 0.3) is 0 Å². The van der Waals surface area contributed by atoms with Crippen molar-refractivity contribution in [1.82, 2.24) is 4.90 Å².